The fourth-order valence-electron chi connectivity index (χ4n) is 3.17. The second kappa shape index (κ2) is 7.86. The summed E-state index contributed by atoms with van der Waals surface area (Å²) >= 11 is 0. The molecule has 0 saturated carbocycles. The highest BCUT2D eigenvalue weighted by Gasteiger charge is 2.26. The highest BCUT2D eigenvalue weighted by molar-refractivity contribution is 5.96. The van der Waals surface area contributed by atoms with Gasteiger partial charge in [0.25, 0.3) is 0 Å². The van der Waals surface area contributed by atoms with Crippen LogP contribution in [0.2, 0.25) is 0 Å². The van der Waals surface area contributed by atoms with Gasteiger partial charge >= 0.3 is 0 Å². The van der Waals surface area contributed by atoms with Crippen LogP contribution in [0.4, 0.5) is 5.82 Å². The van der Waals surface area contributed by atoms with Gasteiger partial charge in [-0.1, -0.05) is 30.3 Å². The van der Waals surface area contributed by atoms with Gasteiger partial charge in [-0.15, -0.1) is 0 Å². The van der Waals surface area contributed by atoms with Crippen molar-refractivity contribution in [3.8, 4) is 6.07 Å². The largest absolute Gasteiger partial charge is 0.351 e. The summed E-state index contributed by atoms with van der Waals surface area (Å²) in [5.41, 5.74) is 1.13. The molecule has 1 aromatic heterocycles. The van der Waals surface area contributed by atoms with E-state index in [4.69, 9.17) is 0 Å². The molecule has 1 atom stereocenters. The number of anilines is 1. The SMILES string of the molecule is C[C@H]1CN(c2nccnc2C#N)CCN1CCC(=O)c1ccccc1. The summed E-state index contributed by atoms with van der Waals surface area (Å²) < 4.78 is 0. The average molecular weight is 335 g/mol. The Morgan fingerprint density at radius 1 is 1.24 bits per heavy atom. The number of benzene rings is 1. The fraction of sp³-hybridized carbons (Fsp3) is 0.368. The average Bonchev–Trinajstić information content (AvgIpc) is 2.67. The van der Waals surface area contributed by atoms with Gasteiger partial charge in [-0.3, -0.25) is 9.69 Å². The van der Waals surface area contributed by atoms with Gasteiger partial charge in [0.1, 0.15) is 6.07 Å². The van der Waals surface area contributed by atoms with Gasteiger partial charge in [-0.2, -0.15) is 5.26 Å². The zero-order chi connectivity index (χ0) is 17.6. The molecule has 6 heteroatoms. The Morgan fingerprint density at radius 3 is 2.72 bits per heavy atom. The maximum absolute atomic E-state index is 12.3. The van der Waals surface area contributed by atoms with Crippen LogP contribution in [-0.2, 0) is 0 Å². The van der Waals surface area contributed by atoms with Gasteiger partial charge in [-0.25, -0.2) is 9.97 Å². The van der Waals surface area contributed by atoms with Crippen LogP contribution in [0.25, 0.3) is 0 Å². The minimum absolute atomic E-state index is 0.177. The first-order chi connectivity index (χ1) is 12.2. The molecule has 6 nitrogen and oxygen atoms in total. The molecule has 128 valence electrons. The first kappa shape index (κ1) is 17.1. The third-order valence-corrected chi connectivity index (χ3v) is 4.57. The van der Waals surface area contributed by atoms with Crippen molar-refractivity contribution < 1.29 is 4.79 Å². The Labute approximate surface area is 147 Å². The Kier molecular flexibility index (Phi) is 5.36. The lowest BCUT2D eigenvalue weighted by molar-refractivity contribution is 0.0948. The van der Waals surface area contributed by atoms with E-state index in [1.165, 1.54) is 6.20 Å². The van der Waals surface area contributed by atoms with Gasteiger partial charge in [0.15, 0.2) is 17.3 Å². The molecule has 0 aliphatic carbocycles. The number of piperazine rings is 1. The molecule has 1 aliphatic heterocycles. The Balaban J connectivity index is 1.57. The smallest absolute Gasteiger partial charge is 0.183 e. The molecule has 0 radical (unpaired) electrons. The first-order valence-electron chi connectivity index (χ1n) is 8.47. The zero-order valence-corrected chi connectivity index (χ0v) is 14.3. The molecular formula is C19H21N5O. The minimum atomic E-state index is 0.177. The number of ketones is 1. The highest BCUT2D eigenvalue weighted by atomic mass is 16.1. The number of Topliss-reactive ketones (excluding diaryl/α,β-unsaturated/α-hetero) is 1. The van der Waals surface area contributed by atoms with Crippen LogP contribution in [0, 0.1) is 11.3 Å². The van der Waals surface area contributed by atoms with Crippen molar-refractivity contribution in [2.45, 2.75) is 19.4 Å². The van der Waals surface area contributed by atoms with Gasteiger partial charge in [0.2, 0.25) is 0 Å². The van der Waals surface area contributed by atoms with Crippen LogP contribution in [-0.4, -0.2) is 52.9 Å². The van der Waals surface area contributed by atoms with Gasteiger partial charge < -0.3 is 4.90 Å². The Bertz CT molecular complexity index is 771. The van der Waals surface area contributed by atoms with Crippen LogP contribution in [0.15, 0.2) is 42.7 Å². The van der Waals surface area contributed by atoms with Gasteiger partial charge in [-0.05, 0) is 6.92 Å². The second-order valence-corrected chi connectivity index (χ2v) is 6.21. The maximum atomic E-state index is 12.3. The number of hydrogen-bond acceptors (Lipinski definition) is 6. The molecule has 0 bridgehead atoms. The number of nitriles is 1. The lowest BCUT2D eigenvalue weighted by atomic mass is 10.1. The molecule has 0 N–H and O–H groups in total. The molecule has 2 heterocycles. The number of aromatic nitrogens is 2. The lowest BCUT2D eigenvalue weighted by Gasteiger charge is -2.40. The molecular weight excluding hydrogens is 314 g/mol. The number of carbonyl (C=O) groups is 1. The summed E-state index contributed by atoms with van der Waals surface area (Å²) in [5, 5.41) is 9.19. The van der Waals surface area contributed by atoms with E-state index in [-0.39, 0.29) is 11.8 Å². The molecule has 1 saturated heterocycles. The minimum Gasteiger partial charge on any atom is -0.351 e. The summed E-state index contributed by atoms with van der Waals surface area (Å²) in [7, 11) is 0. The van der Waals surface area contributed by atoms with Crippen molar-refractivity contribution in [1.82, 2.24) is 14.9 Å². The first-order valence-corrected chi connectivity index (χ1v) is 8.47. The third-order valence-electron chi connectivity index (χ3n) is 4.57. The van der Waals surface area contributed by atoms with E-state index < -0.39 is 0 Å². The Hall–Kier alpha value is -2.78. The predicted octanol–water partition coefficient (Wildman–Crippen LogP) is 2.13. The van der Waals surface area contributed by atoms with Crippen LogP contribution < -0.4 is 4.90 Å². The van der Waals surface area contributed by atoms with E-state index >= 15 is 0 Å². The molecule has 0 spiro atoms. The molecule has 25 heavy (non-hydrogen) atoms. The third kappa shape index (κ3) is 4.01. The van der Waals surface area contributed by atoms with Crippen molar-refractivity contribution >= 4 is 11.6 Å². The van der Waals surface area contributed by atoms with E-state index in [0.717, 1.165) is 31.7 Å². The van der Waals surface area contributed by atoms with Crippen molar-refractivity contribution in [2.75, 3.05) is 31.1 Å². The second-order valence-electron chi connectivity index (χ2n) is 6.21. The molecule has 1 fully saturated rings. The van der Waals surface area contributed by atoms with E-state index in [1.54, 1.807) is 6.20 Å². The monoisotopic (exact) mass is 335 g/mol. The molecule has 3 rings (SSSR count). The zero-order valence-electron chi connectivity index (χ0n) is 14.3. The molecule has 2 aromatic rings. The maximum Gasteiger partial charge on any atom is 0.183 e. The summed E-state index contributed by atoms with van der Waals surface area (Å²) in [6.45, 7) is 5.27. The van der Waals surface area contributed by atoms with Crippen LogP contribution in [0.3, 0.4) is 0 Å². The molecule has 1 aliphatic rings. The number of rotatable bonds is 5. The van der Waals surface area contributed by atoms with E-state index in [1.807, 2.05) is 30.3 Å². The quantitative estimate of drug-likeness (QED) is 0.780. The van der Waals surface area contributed by atoms with Crippen LogP contribution in [0.1, 0.15) is 29.4 Å². The van der Waals surface area contributed by atoms with Crippen molar-refractivity contribution in [2.24, 2.45) is 0 Å². The highest BCUT2D eigenvalue weighted by Crippen LogP contribution is 2.19. The lowest BCUT2D eigenvalue weighted by Crippen LogP contribution is -2.52. The predicted molar refractivity (Wildman–Crippen MR) is 95.4 cm³/mol. The van der Waals surface area contributed by atoms with Crippen molar-refractivity contribution in [3.05, 3.63) is 54.0 Å². The number of carbonyl (C=O) groups excluding carboxylic acids is 1. The summed E-state index contributed by atoms with van der Waals surface area (Å²) in [6, 6.07) is 11.8. The summed E-state index contributed by atoms with van der Waals surface area (Å²) in [4.78, 5) is 25.1. The standard InChI is InChI=1S/C19H21N5O/c1-15-14-24(19-17(13-20)21-8-9-22-19)12-11-23(15)10-7-18(25)16-5-3-2-4-6-16/h2-6,8-9,15H,7,10-12,14H2,1H3/t15-/m0/s1. The van der Waals surface area contributed by atoms with Crippen molar-refractivity contribution in [1.29, 1.82) is 5.26 Å². The normalized spacial score (nSPS) is 17.9. The molecule has 0 amide bonds. The van der Waals surface area contributed by atoms with E-state index in [9.17, 15) is 10.1 Å². The van der Waals surface area contributed by atoms with E-state index in [0.29, 0.717) is 17.9 Å². The van der Waals surface area contributed by atoms with Crippen molar-refractivity contribution in [3.63, 3.8) is 0 Å². The number of nitrogens with zero attached hydrogens (tertiary/aromatic N) is 5. The molecule has 1 aromatic carbocycles. The Morgan fingerprint density at radius 2 is 2.00 bits per heavy atom. The van der Waals surface area contributed by atoms with E-state index in [2.05, 4.69) is 32.8 Å². The van der Waals surface area contributed by atoms with Gasteiger partial charge in [0, 0.05) is 56.6 Å². The summed E-state index contributed by atoms with van der Waals surface area (Å²) in [5.74, 6) is 0.827. The fourth-order valence-corrected chi connectivity index (χ4v) is 3.17. The summed E-state index contributed by atoms with van der Waals surface area (Å²) in [6.07, 6.45) is 3.67. The number of hydrogen-bond donors (Lipinski definition) is 0. The molecule has 0 unspecified atom stereocenters. The van der Waals surface area contributed by atoms with Gasteiger partial charge in [0.05, 0.1) is 0 Å². The topological polar surface area (TPSA) is 73.1 Å². The van der Waals surface area contributed by atoms with Crippen LogP contribution in [0.5, 0.6) is 0 Å². The van der Waals surface area contributed by atoms with Crippen LogP contribution >= 0.6 is 0 Å².